The molecule has 1 saturated heterocycles. The first-order valence-corrected chi connectivity index (χ1v) is 6.72. The van der Waals surface area contributed by atoms with E-state index < -0.39 is 0 Å². The van der Waals surface area contributed by atoms with Gasteiger partial charge in [0.2, 0.25) is 0 Å². The molecule has 2 rings (SSSR count). The van der Waals surface area contributed by atoms with Crippen LogP contribution in [-0.2, 0) is 0 Å². The second kappa shape index (κ2) is 6.08. The molecule has 1 aliphatic heterocycles. The van der Waals surface area contributed by atoms with Gasteiger partial charge in [0, 0.05) is 0 Å². The fourth-order valence-electron chi connectivity index (χ4n) is 2.41. The van der Waals surface area contributed by atoms with Gasteiger partial charge < -0.3 is 5.11 Å². The molecular formula is C14H17ClN2O. The first-order chi connectivity index (χ1) is 8.72. The minimum Gasteiger partial charge on any atom is -0.506 e. The second-order valence-corrected chi connectivity index (χ2v) is 5.10. The number of nitriles is 1. The Morgan fingerprint density at radius 1 is 1.22 bits per heavy atom. The minimum absolute atomic E-state index is 0.0629. The summed E-state index contributed by atoms with van der Waals surface area (Å²) in [6.45, 7) is 1.91. The van der Waals surface area contributed by atoms with Crippen molar-refractivity contribution in [1.82, 2.24) is 4.90 Å². The van der Waals surface area contributed by atoms with Crippen molar-refractivity contribution in [2.24, 2.45) is 0 Å². The largest absolute Gasteiger partial charge is 0.506 e. The number of benzene rings is 1. The Morgan fingerprint density at radius 3 is 2.44 bits per heavy atom. The Labute approximate surface area is 113 Å². The summed E-state index contributed by atoms with van der Waals surface area (Å²) in [6, 6.07) is 7.11. The van der Waals surface area contributed by atoms with E-state index in [1.165, 1.54) is 12.8 Å². The molecular weight excluding hydrogens is 248 g/mol. The van der Waals surface area contributed by atoms with E-state index in [1.54, 1.807) is 18.2 Å². The Morgan fingerprint density at radius 2 is 1.89 bits per heavy atom. The highest BCUT2D eigenvalue weighted by molar-refractivity contribution is 6.32. The van der Waals surface area contributed by atoms with Crippen LogP contribution in [-0.4, -0.2) is 23.1 Å². The van der Waals surface area contributed by atoms with E-state index in [0.717, 1.165) is 31.5 Å². The van der Waals surface area contributed by atoms with Crippen LogP contribution in [0.2, 0.25) is 5.02 Å². The number of hydrogen-bond donors (Lipinski definition) is 1. The minimum atomic E-state index is -0.263. The van der Waals surface area contributed by atoms with Crippen molar-refractivity contribution < 1.29 is 5.11 Å². The standard InChI is InChI=1S/C14H17ClN2O/c15-12-9-11(5-6-14(12)18)13(10-16)17-7-3-1-2-4-8-17/h5-6,9,13,18H,1-4,7-8H2. The van der Waals surface area contributed by atoms with Crippen molar-refractivity contribution in [2.75, 3.05) is 13.1 Å². The summed E-state index contributed by atoms with van der Waals surface area (Å²) in [6.07, 6.45) is 4.77. The summed E-state index contributed by atoms with van der Waals surface area (Å²) >= 11 is 5.91. The molecule has 18 heavy (non-hydrogen) atoms. The highest BCUT2D eigenvalue weighted by Gasteiger charge is 2.21. The zero-order valence-corrected chi connectivity index (χ0v) is 11.0. The van der Waals surface area contributed by atoms with Crippen molar-refractivity contribution in [2.45, 2.75) is 31.7 Å². The molecule has 0 bridgehead atoms. The van der Waals surface area contributed by atoms with Crippen LogP contribution in [0.25, 0.3) is 0 Å². The number of phenolic OH excluding ortho intramolecular Hbond substituents is 1. The number of nitrogens with zero attached hydrogens (tertiary/aromatic N) is 2. The van der Waals surface area contributed by atoms with Gasteiger partial charge in [-0.2, -0.15) is 5.26 Å². The third kappa shape index (κ3) is 2.95. The molecule has 0 radical (unpaired) electrons. The van der Waals surface area contributed by atoms with E-state index in [4.69, 9.17) is 11.6 Å². The number of rotatable bonds is 2. The molecule has 1 N–H and O–H groups in total. The molecule has 3 nitrogen and oxygen atoms in total. The molecule has 0 spiro atoms. The van der Waals surface area contributed by atoms with Crippen molar-refractivity contribution in [3.05, 3.63) is 28.8 Å². The quantitative estimate of drug-likeness (QED) is 0.890. The normalized spacial score (nSPS) is 18.9. The number of phenols is 1. The van der Waals surface area contributed by atoms with Gasteiger partial charge in [-0.1, -0.05) is 30.5 Å². The van der Waals surface area contributed by atoms with Gasteiger partial charge in [0.25, 0.3) is 0 Å². The fraction of sp³-hybridized carbons (Fsp3) is 0.500. The van der Waals surface area contributed by atoms with Gasteiger partial charge in [0.1, 0.15) is 11.8 Å². The van der Waals surface area contributed by atoms with E-state index in [0.29, 0.717) is 5.02 Å². The summed E-state index contributed by atoms with van der Waals surface area (Å²) in [5, 5.41) is 19.1. The van der Waals surface area contributed by atoms with Crippen LogP contribution in [0.1, 0.15) is 37.3 Å². The fourth-order valence-corrected chi connectivity index (χ4v) is 2.60. The van der Waals surface area contributed by atoms with Crippen LogP contribution in [0, 0.1) is 11.3 Å². The van der Waals surface area contributed by atoms with Gasteiger partial charge in [-0.3, -0.25) is 4.90 Å². The molecule has 1 heterocycles. The average molecular weight is 265 g/mol. The van der Waals surface area contributed by atoms with E-state index >= 15 is 0 Å². The summed E-state index contributed by atoms with van der Waals surface area (Å²) in [5.41, 5.74) is 0.863. The van der Waals surface area contributed by atoms with Crippen molar-refractivity contribution >= 4 is 11.6 Å². The lowest BCUT2D eigenvalue weighted by Crippen LogP contribution is -2.28. The third-order valence-corrected chi connectivity index (χ3v) is 3.72. The highest BCUT2D eigenvalue weighted by atomic mass is 35.5. The van der Waals surface area contributed by atoms with Crippen LogP contribution in [0.3, 0.4) is 0 Å². The average Bonchev–Trinajstić information content (AvgIpc) is 2.64. The van der Waals surface area contributed by atoms with E-state index in [1.807, 2.05) is 0 Å². The number of aromatic hydroxyl groups is 1. The van der Waals surface area contributed by atoms with Gasteiger partial charge in [0.15, 0.2) is 0 Å². The molecule has 1 fully saturated rings. The zero-order valence-electron chi connectivity index (χ0n) is 10.3. The lowest BCUT2D eigenvalue weighted by molar-refractivity contribution is 0.245. The van der Waals surface area contributed by atoms with Crippen molar-refractivity contribution in [3.8, 4) is 11.8 Å². The van der Waals surface area contributed by atoms with Crippen LogP contribution >= 0.6 is 11.6 Å². The van der Waals surface area contributed by atoms with Gasteiger partial charge >= 0.3 is 0 Å². The first kappa shape index (κ1) is 13.2. The van der Waals surface area contributed by atoms with E-state index in [-0.39, 0.29) is 11.8 Å². The maximum atomic E-state index is 9.43. The molecule has 1 aromatic rings. The molecule has 1 aliphatic rings. The smallest absolute Gasteiger partial charge is 0.134 e. The Kier molecular flexibility index (Phi) is 4.46. The second-order valence-electron chi connectivity index (χ2n) is 4.69. The summed E-state index contributed by atoms with van der Waals surface area (Å²) < 4.78 is 0. The maximum absolute atomic E-state index is 9.43. The highest BCUT2D eigenvalue weighted by Crippen LogP contribution is 2.30. The van der Waals surface area contributed by atoms with E-state index in [2.05, 4.69) is 11.0 Å². The first-order valence-electron chi connectivity index (χ1n) is 6.34. The van der Waals surface area contributed by atoms with E-state index in [9.17, 15) is 10.4 Å². The number of hydrogen-bond acceptors (Lipinski definition) is 3. The zero-order chi connectivity index (χ0) is 13.0. The molecule has 1 atom stereocenters. The summed E-state index contributed by atoms with van der Waals surface area (Å²) in [7, 11) is 0. The van der Waals surface area contributed by atoms with Crippen LogP contribution < -0.4 is 0 Å². The monoisotopic (exact) mass is 264 g/mol. The summed E-state index contributed by atoms with van der Waals surface area (Å²) in [5.74, 6) is 0.0629. The maximum Gasteiger partial charge on any atom is 0.134 e. The SMILES string of the molecule is N#CC(c1ccc(O)c(Cl)c1)N1CCCCCC1. The lowest BCUT2D eigenvalue weighted by atomic mass is 10.1. The molecule has 1 aromatic carbocycles. The summed E-state index contributed by atoms with van der Waals surface area (Å²) in [4.78, 5) is 2.20. The molecule has 1 unspecified atom stereocenters. The third-order valence-electron chi connectivity index (χ3n) is 3.42. The van der Waals surface area contributed by atoms with Crippen LogP contribution in [0.15, 0.2) is 18.2 Å². The van der Waals surface area contributed by atoms with Crippen LogP contribution in [0.5, 0.6) is 5.75 Å². The molecule has 0 aromatic heterocycles. The molecule has 4 heteroatoms. The lowest BCUT2D eigenvalue weighted by Gasteiger charge is -2.25. The Hall–Kier alpha value is -1.24. The number of likely N-dealkylation sites (tertiary alicyclic amines) is 1. The van der Waals surface area contributed by atoms with Crippen molar-refractivity contribution in [3.63, 3.8) is 0 Å². The predicted octanol–water partition coefficient (Wildman–Crippen LogP) is 3.49. The predicted molar refractivity (Wildman–Crippen MR) is 71.5 cm³/mol. The van der Waals surface area contributed by atoms with Gasteiger partial charge in [-0.15, -0.1) is 0 Å². The molecule has 0 amide bonds. The molecule has 0 saturated carbocycles. The topological polar surface area (TPSA) is 47.3 Å². The van der Waals surface area contributed by atoms with Crippen molar-refractivity contribution in [1.29, 1.82) is 5.26 Å². The Balaban J connectivity index is 2.21. The molecule has 0 aliphatic carbocycles. The Bertz CT molecular complexity index is 448. The number of halogens is 1. The van der Waals surface area contributed by atoms with Crippen LogP contribution in [0.4, 0.5) is 0 Å². The van der Waals surface area contributed by atoms with Gasteiger partial charge in [-0.25, -0.2) is 0 Å². The molecule has 96 valence electrons. The van der Waals surface area contributed by atoms with Gasteiger partial charge in [0.05, 0.1) is 11.1 Å². The van der Waals surface area contributed by atoms with Gasteiger partial charge in [-0.05, 0) is 43.6 Å².